The van der Waals surface area contributed by atoms with Crippen molar-refractivity contribution >= 4 is 28.9 Å². The van der Waals surface area contributed by atoms with Gasteiger partial charge in [-0.25, -0.2) is 0 Å². The molecule has 0 bridgehead atoms. The topological polar surface area (TPSA) is 51.2 Å². The molecule has 1 fully saturated rings. The van der Waals surface area contributed by atoms with Crippen LogP contribution in [0.25, 0.3) is 0 Å². The number of carbonyl (C=O) groups excluding carboxylic acids is 1. The Morgan fingerprint density at radius 3 is 2.44 bits per heavy atom. The van der Waals surface area contributed by atoms with Crippen molar-refractivity contribution in [3.8, 4) is 11.5 Å². The van der Waals surface area contributed by atoms with Crippen molar-refractivity contribution in [3.05, 3.63) is 82.4 Å². The van der Waals surface area contributed by atoms with Crippen molar-refractivity contribution in [2.45, 2.75) is 57.8 Å². The number of fused-ring (bicyclic) bond motifs is 1. The number of likely N-dealkylation sites (N-methyl/N-ethyl adjacent to an activating group) is 1. The van der Waals surface area contributed by atoms with Crippen molar-refractivity contribution in [1.29, 1.82) is 0 Å². The summed E-state index contributed by atoms with van der Waals surface area (Å²) >= 11 is 6.24. The second-order valence-corrected chi connectivity index (χ2v) is 11.1. The Morgan fingerprint density at radius 1 is 1.05 bits per heavy atom. The number of halogens is 1. The van der Waals surface area contributed by atoms with Crippen LogP contribution in [0.3, 0.4) is 0 Å². The number of rotatable bonds is 8. The molecule has 2 aliphatic heterocycles. The van der Waals surface area contributed by atoms with Crippen molar-refractivity contribution in [1.82, 2.24) is 0 Å². The fourth-order valence-electron chi connectivity index (χ4n) is 5.56. The van der Waals surface area contributed by atoms with Crippen LogP contribution in [0.1, 0.15) is 55.8 Å². The van der Waals surface area contributed by atoms with Crippen LogP contribution < -0.4 is 19.3 Å². The lowest BCUT2D eigenvalue weighted by Crippen LogP contribution is -2.41. The van der Waals surface area contributed by atoms with Gasteiger partial charge in [-0.05, 0) is 98.3 Å². The Morgan fingerprint density at radius 2 is 1.79 bits per heavy atom. The molecule has 1 amide bonds. The predicted octanol–water partition coefficient (Wildman–Crippen LogP) is 6.82. The van der Waals surface area contributed by atoms with Crippen molar-refractivity contribution in [3.63, 3.8) is 0 Å². The van der Waals surface area contributed by atoms with Gasteiger partial charge in [-0.3, -0.25) is 4.79 Å². The highest BCUT2D eigenvalue weighted by molar-refractivity contribution is 6.30. The number of nitrogens with zero attached hydrogens (tertiary/aromatic N) is 2. The minimum atomic E-state index is -0.335. The largest absolute Gasteiger partial charge is 0.493 e. The zero-order chi connectivity index (χ0) is 27.5. The van der Waals surface area contributed by atoms with Gasteiger partial charge in [0.15, 0.2) is 11.5 Å². The highest BCUT2D eigenvalue weighted by atomic mass is 35.5. The molecule has 39 heavy (non-hydrogen) atoms. The van der Waals surface area contributed by atoms with E-state index in [9.17, 15) is 4.79 Å². The second kappa shape index (κ2) is 11.9. The van der Waals surface area contributed by atoms with E-state index in [0.717, 1.165) is 54.1 Å². The first-order chi connectivity index (χ1) is 18.8. The van der Waals surface area contributed by atoms with E-state index in [-0.39, 0.29) is 30.6 Å². The first-order valence-electron chi connectivity index (χ1n) is 13.7. The van der Waals surface area contributed by atoms with Gasteiger partial charge >= 0.3 is 0 Å². The average molecular weight is 549 g/mol. The van der Waals surface area contributed by atoms with Crippen molar-refractivity contribution in [2.24, 2.45) is 0 Å². The molecule has 2 atom stereocenters. The van der Waals surface area contributed by atoms with Crippen LogP contribution in [-0.4, -0.2) is 45.4 Å². The zero-order valence-electron chi connectivity index (χ0n) is 23.2. The van der Waals surface area contributed by atoms with Crippen LogP contribution in [0.4, 0.5) is 11.4 Å². The number of carbonyl (C=O) groups is 1. The molecule has 1 saturated heterocycles. The Labute approximate surface area is 236 Å². The predicted molar refractivity (Wildman–Crippen MR) is 157 cm³/mol. The van der Waals surface area contributed by atoms with E-state index in [2.05, 4.69) is 24.1 Å². The molecular formula is C32H37ClN2O4. The normalized spacial score (nSPS) is 19.1. The lowest BCUT2D eigenvalue weighted by Gasteiger charge is -2.38. The van der Waals surface area contributed by atoms with E-state index in [1.165, 1.54) is 6.42 Å². The molecule has 0 saturated carbocycles. The van der Waals surface area contributed by atoms with Gasteiger partial charge in [0.25, 0.3) is 0 Å². The number of methoxy groups -OCH3 is 1. The van der Waals surface area contributed by atoms with E-state index in [1.54, 1.807) is 7.11 Å². The number of benzene rings is 3. The van der Waals surface area contributed by atoms with Crippen LogP contribution in [0.2, 0.25) is 5.02 Å². The third kappa shape index (κ3) is 6.02. The summed E-state index contributed by atoms with van der Waals surface area (Å²) in [5.74, 6) is 1.33. The second-order valence-electron chi connectivity index (χ2n) is 10.6. The summed E-state index contributed by atoms with van der Waals surface area (Å²) in [6.45, 7) is 5.68. The van der Waals surface area contributed by atoms with E-state index in [4.69, 9.17) is 25.8 Å². The number of amides is 1. The molecule has 0 aromatic heterocycles. The molecular weight excluding hydrogens is 512 g/mol. The monoisotopic (exact) mass is 548 g/mol. The number of ether oxygens (including phenoxy) is 3. The summed E-state index contributed by atoms with van der Waals surface area (Å²) in [5.41, 5.74) is 4.87. The summed E-state index contributed by atoms with van der Waals surface area (Å²) in [7, 11) is 3.72. The maximum Gasteiger partial charge on any atom is 0.232 e. The third-order valence-corrected chi connectivity index (χ3v) is 7.71. The minimum absolute atomic E-state index is 0.0178. The van der Waals surface area contributed by atoms with E-state index in [1.807, 2.05) is 67.3 Å². The summed E-state index contributed by atoms with van der Waals surface area (Å²) in [4.78, 5) is 17.9. The molecule has 1 unspecified atom stereocenters. The van der Waals surface area contributed by atoms with Crippen molar-refractivity contribution in [2.75, 3.05) is 37.1 Å². The summed E-state index contributed by atoms with van der Waals surface area (Å²) in [6, 6.07) is 19.6. The van der Waals surface area contributed by atoms with E-state index >= 15 is 0 Å². The lowest BCUT2D eigenvalue weighted by atomic mass is 9.86. The molecule has 7 heteroatoms. The molecule has 0 spiro atoms. The fraction of sp³-hybridized carbons (Fsp3) is 0.406. The van der Waals surface area contributed by atoms with Crippen LogP contribution in [0.15, 0.2) is 60.7 Å². The molecule has 6 nitrogen and oxygen atoms in total. The van der Waals surface area contributed by atoms with Crippen LogP contribution in [0, 0.1) is 0 Å². The third-order valence-electron chi connectivity index (χ3n) is 7.46. The molecule has 3 aromatic rings. The molecule has 206 valence electrons. The summed E-state index contributed by atoms with van der Waals surface area (Å²) in [6.07, 6.45) is 3.98. The van der Waals surface area contributed by atoms with Gasteiger partial charge in [0, 0.05) is 36.6 Å². The number of anilines is 2. The quantitative estimate of drug-likeness (QED) is 0.309. The molecule has 0 N–H and O–H groups in total. The molecule has 2 aliphatic rings. The fourth-order valence-corrected chi connectivity index (χ4v) is 5.68. The van der Waals surface area contributed by atoms with Gasteiger partial charge in [-0.15, -0.1) is 0 Å². The first kappa shape index (κ1) is 27.4. The Hall–Kier alpha value is -3.22. The molecule has 0 radical (unpaired) electrons. The highest BCUT2D eigenvalue weighted by Gasteiger charge is 2.36. The van der Waals surface area contributed by atoms with Gasteiger partial charge < -0.3 is 24.0 Å². The van der Waals surface area contributed by atoms with Gasteiger partial charge in [0.1, 0.15) is 0 Å². The lowest BCUT2D eigenvalue weighted by molar-refractivity contribution is -0.118. The van der Waals surface area contributed by atoms with Crippen LogP contribution in [0.5, 0.6) is 11.5 Å². The molecule has 3 aromatic carbocycles. The van der Waals surface area contributed by atoms with E-state index in [0.29, 0.717) is 16.5 Å². The van der Waals surface area contributed by atoms with Gasteiger partial charge in [0.2, 0.25) is 5.91 Å². The maximum atomic E-state index is 13.8. The van der Waals surface area contributed by atoms with Gasteiger partial charge in [-0.1, -0.05) is 23.7 Å². The number of hydrogen-bond donors (Lipinski definition) is 0. The molecule has 5 rings (SSSR count). The van der Waals surface area contributed by atoms with Crippen LogP contribution in [-0.2, 0) is 16.0 Å². The maximum absolute atomic E-state index is 13.8. The highest BCUT2D eigenvalue weighted by Crippen LogP contribution is 2.44. The first-order valence-corrected chi connectivity index (χ1v) is 14.1. The average Bonchev–Trinajstić information content (AvgIpc) is 2.93. The standard InChI is InChI=1S/C32H37ClN2O4/c1-21(2)39-30-19-28-23(17-29(30)37-4)18-31(36)35(32(28)22-8-10-24(33)11-9-22)26-14-12-25(13-15-26)34(3)20-27-7-5-6-16-38-27/h8-15,17,19,21,27,32H,5-7,16,18,20H2,1-4H3/t27?,32-/m0/s1. The minimum Gasteiger partial charge on any atom is -0.493 e. The zero-order valence-corrected chi connectivity index (χ0v) is 23.9. The van der Waals surface area contributed by atoms with Gasteiger partial charge in [-0.2, -0.15) is 0 Å². The number of hydrogen-bond acceptors (Lipinski definition) is 5. The van der Waals surface area contributed by atoms with Crippen molar-refractivity contribution < 1.29 is 19.0 Å². The Balaban J connectivity index is 1.51. The van der Waals surface area contributed by atoms with E-state index < -0.39 is 0 Å². The summed E-state index contributed by atoms with van der Waals surface area (Å²) < 4.78 is 17.7. The Kier molecular flexibility index (Phi) is 8.34. The smallest absolute Gasteiger partial charge is 0.232 e. The summed E-state index contributed by atoms with van der Waals surface area (Å²) in [5, 5.41) is 0.653. The Bertz CT molecular complexity index is 1290. The van der Waals surface area contributed by atoms with Gasteiger partial charge in [0.05, 0.1) is 31.8 Å². The molecule has 2 heterocycles. The molecule has 0 aliphatic carbocycles. The van der Waals surface area contributed by atoms with Crippen LogP contribution >= 0.6 is 11.6 Å². The SMILES string of the molecule is COc1cc2c(cc1OC(C)C)[C@H](c1ccc(Cl)cc1)N(c1ccc(N(C)CC3CCCCO3)cc1)C(=O)C2.